The normalized spacial score (nSPS) is 8.00. The van der Waals surface area contributed by atoms with Crippen LogP contribution in [-0.4, -0.2) is 18.6 Å². The molecule has 0 rings (SSSR count). The molecule has 0 N–H and O–H groups in total. The summed E-state index contributed by atoms with van der Waals surface area (Å²) in [4.78, 5) is 3.19. The molecule has 1 nitrogen and oxygen atoms in total. The standard InChI is InChI=1S/C4H7NS2/c1-5-3-4-7-6-2/h3-4H2,2H3. The highest BCUT2D eigenvalue weighted by molar-refractivity contribution is 8.76. The SMILES string of the molecule is [C-]#[N+]CCSSC. The highest BCUT2D eigenvalue weighted by Crippen LogP contribution is 2.15. The van der Waals surface area contributed by atoms with Crippen molar-refractivity contribution in [3.05, 3.63) is 11.4 Å². The van der Waals surface area contributed by atoms with Crippen molar-refractivity contribution >= 4 is 21.6 Å². The Morgan fingerprint density at radius 1 is 1.71 bits per heavy atom. The van der Waals surface area contributed by atoms with Crippen molar-refractivity contribution in [3.8, 4) is 0 Å². The van der Waals surface area contributed by atoms with E-state index in [-0.39, 0.29) is 0 Å². The van der Waals surface area contributed by atoms with Gasteiger partial charge in [-0.2, -0.15) is 0 Å². The molecule has 0 saturated carbocycles. The first-order valence-electron chi connectivity index (χ1n) is 1.90. The van der Waals surface area contributed by atoms with Gasteiger partial charge in [-0.15, -0.1) is 0 Å². The lowest BCUT2D eigenvalue weighted by molar-refractivity contribution is 1.38. The maximum Gasteiger partial charge on any atom is 0.224 e. The van der Waals surface area contributed by atoms with E-state index in [2.05, 4.69) is 4.85 Å². The molecule has 0 radical (unpaired) electrons. The molecule has 3 heteroatoms. The summed E-state index contributed by atoms with van der Waals surface area (Å²) in [5, 5.41) is 0. The zero-order valence-electron chi connectivity index (χ0n) is 4.18. The lowest BCUT2D eigenvalue weighted by Gasteiger charge is -1.83. The molecule has 0 aromatic rings. The van der Waals surface area contributed by atoms with Crippen LogP contribution in [0.4, 0.5) is 0 Å². The van der Waals surface area contributed by atoms with E-state index >= 15 is 0 Å². The van der Waals surface area contributed by atoms with Crippen molar-refractivity contribution in [2.45, 2.75) is 0 Å². The quantitative estimate of drug-likeness (QED) is 0.329. The smallest absolute Gasteiger partial charge is 0.224 e. The zero-order valence-corrected chi connectivity index (χ0v) is 5.81. The lowest BCUT2D eigenvalue weighted by Crippen LogP contribution is -1.75. The van der Waals surface area contributed by atoms with Gasteiger partial charge < -0.3 is 4.85 Å². The third-order valence-corrected chi connectivity index (χ3v) is 2.20. The van der Waals surface area contributed by atoms with Crippen molar-refractivity contribution in [2.75, 3.05) is 18.6 Å². The Kier molecular flexibility index (Phi) is 6.36. The van der Waals surface area contributed by atoms with Gasteiger partial charge in [0, 0.05) is 0 Å². The van der Waals surface area contributed by atoms with Gasteiger partial charge in [-0.05, 0) is 6.26 Å². The summed E-state index contributed by atoms with van der Waals surface area (Å²) < 4.78 is 0. The summed E-state index contributed by atoms with van der Waals surface area (Å²) in [6.07, 6.45) is 2.02. The second kappa shape index (κ2) is 6.19. The van der Waals surface area contributed by atoms with E-state index in [1.54, 1.807) is 21.6 Å². The molecular formula is C4H7NS2. The summed E-state index contributed by atoms with van der Waals surface area (Å²) in [7, 11) is 3.45. The molecule has 0 bridgehead atoms. The Labute approximate surface area is 52.1 Å². The topological polar surface area (TPSA) is 4.36 Å². The molecule has 0 aliphatic heterocycles. The predicted octanol–water partition coefficient (Wildman–Crippen LogP) is 1.92. The molecular weight excluding hydrogens is 126 g/mol. The van der Waals surface area contributed by atoms with Crippen LogP contribution in [0, 0.1) is 6.57 Å². The summed E-state index contributed by atoms with van der Waals surface area (Å²) in [6.45, 7) is 7.04. The van der Waals surface area contributed by atoms with E-state index in [4.69, 9.17) is 6.57 Å². The van der Waals surface area contributed by atoms with Gasteiger partial charge >= 0.3 is 0 Å². The van der Waals surface area contributed by atoms with Crippen molar-refractivity contribution in [2.24, 2.45) is 0 Å². The first-order chi connectivity index (χ1) is 3.41. The highest BCUT2D eigenvalue weighted by Gasteiger charge is 1.83. The van der Waals surface area contributed by atoms with Crippen molar-refractivity contribution in [1.82, 2.24) is 0 Å². The summed E-state index contributed by atoms with van der Waals surface area (Å²) in [5.74, 6) is 0.963. The Morgan fingerprint density at radius 2 is 2.43 bits per heavy atom. The van der Waals surface area contributed by atoms with Gasteiger partial charge in [-0.25, -0.2) is 6.57 Å². The molecule has 40 valence electrons. The fourth-order valence-corrected chi connectivity index (χ4v) is 1.22. The second-order valence-electron chi connectivity index (χ2n) is 0.870. The van der Waals surface area contributed by atoms with Gasteiger partial charge in [0.25, 0.3) is 0 Å². The molecule has 0 heterocycles. The summed E-state index contributed by atoms with van der Waals surface area (Å²) >= 11 is 0. The minimum absolute atomic E-state index is 0.658. The van der Waals surface area contributed by atoms with Gasteiger partial charge in [-0.1, -0.05) is 21.6 Å². The van der Waals surface area contributed by atoms with Crippen LogP contribution in [0.2, 0.25) is 0 Å². The van der Waals surface area contributed by atoms with Crippen LogP contribution in [0.3, 0.4) is 0 Å². The third-order valence-electron chi connectivity index (χ3n) is 0.404. The lowest BCUT2D eigenvalue weighted by atomic mass is 10.8. The van der Waals surface area contributed by atoms with E-state index < -0.39 is 0 Å². The fraction of sp³-hybridized carbons (Fsp3) is 0.750. The largest absolute Gasteiger partial charge is 0.316 e. The van der Waals surface area contributed by atoms with Gasteiger partial charge in [0.2, 0.25) is 6.54 Å². The van der Waals surface area contributed by atoms with Crippen molar-refractivity contribution < 1.29 is 0 Å². The molecule has 0 aromatic carbocycles. The molecule has 0 fully saturated rings. The molecule has 7 heavy (non-hydrogen) atoms. The van der Waals surface area contributed by atoms with Gasteiger partial charge in [0.05, 0.1) is 5.75 Å². The minimum atomic E-state index is 0.658. The van der Waals surface area contributed by atoms with E-state index in [9.17, 15) is 0 Å². The Morgan fingerprint density at radius 3 is 2.86 bits per heavy atom. The van der Waals surface area contributed by atoms with E-state index in [0.29, 0.717) is 6.54 Å². The van der Waals surface area contributed by atoms with Gasteiger partial charge in [0.1, 0.15) is 0 Å². The molecule has 0 spiro atoms. The van der Waals surface area contributed by atoms with E-state index in [1.807, 2.05) is 6.26 Å². The minimum Gasteiger partial charge on any atom is -0.316 e. The summed E-state index contributed by atoms with van der Waals surface area (Å²) in [6, 6.07) is 0. The number of hydrogen-bond acceptors (Lipinski definition) is 2. The van der Waals surface area contributed by atoms with Crippen LogP contribution in [0.25, 0.3) is 4.85 Å². The van der Waals surface area contributed by atoms with Crippen LogP contribution in [0.15, 0.2) is 0 Å². The zero-order chi connectivity index (χ0) is 5.54. The number of nitrogens with zero attached hydrogens (tertiary/aromatic N) is 1. The first-order valence-corrected chi connectivity index (χ1v) is 4.63. The molecule has 0 aromatic heterocycles. The second-order valence-corrected chi connectivity index (χ2v) is 3.55. The average Bonchev–Trinajstić information content (AvgIpc) is 1.69. The van der Waals surface area contributed by atoms with Crippen molar-refractivity contribution in [1.29, 1.82) is 0 Å². The number of hydrogen-bond donors (Lipinski definition) is 0. The Bertz CT molecular complexity index is 66.6. The van der Waals surface area contributed by atoms with Gasteiger partial charge in [-0.3, -0.25) is 0 Å². The Balaban J connectivity index is 2.60. The van der Waals surface area contributed by atoms with Crippen molar-refractivity contribution in [3.63, 3.8) is 0 Å². The third kappa shape index (κ3) is 6.19. The molecule has 0 aliphatic rings. The molecule has 0 atom stereocenters. The van der Waals surface area contributed by atoms with E-state index in [0.717, 1.165) is 5.75 Å². The highest BCUT2D eigenvalue weighted by atomic mass is 33.1. The monoisotopic (exact) mass is 133 g/mol. The van der Waals surface area contributed by atoms with Crippen LogP contribution >= 0.6 is 21.6 Å². The number of rotatable bonds is 3. The maximum atomic E-state index is 6.38. The predicted molar refractivity (Wildman–Crippen MR) is 37.4 cm³/mol. The van der Waals surface area contributed by atoms with Crippen LogP contribution in [0.1, 0.15) is 0 Å². The fourth-order valence-electron chi connectivity index (χ4n) is 0.166. The van der Waals surface area contributed by atoms with Crippen LogP contribution in [0.5, 0.6) is 0 Å². The van der Waals surface area contributed by atoms with Crippen LogP contribution < -0.4 is 0 Å². The molecule has 0 aliphatic carbocycles. The van der Waals surface area contributed by atoms with Gasteiger partial charge in [0.15, 0.2) is 0 Å². The summed E-state index contributed by atoms with van der Waals surface area (Å²) in [5.41, 5.74) is 0. The Hall–Kier alpha value is 0.190. The molecule has 0 amide bonds. The molecule has 0 saturated heterocycles. The van der Waals surface area contributed by atoms with E-state index in [1.165, 1.54) is 0 Å². The first kappa shape index (κ1) is 7.19. The maximum absolute atomic E-state index is 6.38. The average molecular weight is 133 g/mol. The van der Waals surface area contributed by atoms with Crippen LogP contribution in [-0.2, 0) is 0 Å². The molecule has 0 unspecified atom stereocenters.